The van der Waals surface area contributed by atoms with Crippen LogP contribution in [0.3, 0.4) is 0 Å². The van der Waals surface area contributed by atoms with Crippen molar-refractivity contribution in [2.75, 3.05) is 0 Å². The molecule has 0 aliphatic rings. The third kappa shape index (κ3) is 39.4. The van der Waals surface area contributed by atoms with Gasteiger partial charge in [0.15, 0.2) is 0 Å². The van der Waals surface area contributed by atoms with Crippen molar-refractivity contribution >= 4 is 5.97 Å². The van der Waals surface area contributed by atoms with Crippen molar-refractivity contribution in [2.45, 2.75) is 251 Å². The molecule has 0 aromatic heterocycles. The molecule has 43 heavy (non-hydrogen) atoms. The normalized spacial score (nSPS) is 12.2. The molecule has 0 rings (SSSR count). The topological polar surface area (TPSA) is 37.3 Å². The first kappa shape index (κ1) is 42.5. The smallest absolute Gasteiger partial charge is 0.303 e. The molecule has 0 aromatic carbocycles. The van der Waals surface area contributed by atoms with Gasteiger partial charge in [0, 0.05) is 6.42 Å². The van der Waals surface area contributed by atoms with Gasteiger partial charge in [-0.15, -0.1) is 0 Å². The van der Waals surface area contributed by atoms with E-state index in [1.807, 2.05) is 0 Å². The summed E-state index contributed by atoms with van der Waals surface area (Å²) >= 11 is 0. The number of aliphatic carboxylic acids is 1. The first-order valence-corrected chi connectivity index (χ1v) is 20.4. The van der Waals surface area contributed by atoms with Gasteiger partial charge in [0.05, 0.1) is 0 Å². The maximum atomic E-state index is 10.5. The number of carboxylic acids is 1. The molecule has 2 nitrogen and oxygen atoms in total. The van der Waals surface area contributed by atoms with Gasteiger partial charge in [-0.2, -0.15) is 0 Å². The van der Waals surface area contributed by atoms with Crippen molar-refractivity contribution in [3.8, 4) is 0 Å². The lowest BCUT2D eigenvalue weighted by atomic mass is 9.95. The Bertz CT molecular complexity index is 516. The zero-order valence-electron chi connectivity index (χ0n) is 30.1. The van der Waals surface area contributed by atoms with Crippen molar-refractivity contribution in [1.82, 2.24) is 0 Å². The Morgan fingerprint density at radius 2 is 0.581 bits per heavy atom. The van der Waals surface area contributed by atoms with Crippen LogP contribution in [-0.2, 0) is 4.79 Å². The summed E-state index contributed by atoms with van der Waals surface area (Å²) in [5, 5.41) is 8.65. The Kier molecular flexibility index (Phi) is 37.2. The molecule has 1 atom stereocenters. The molecule has 0 fully saturated rings. The highest BCUT2D eigenvalue weighted by molar-refractivity contribution is 5.66. The van der Waals surface area contributed by atoms with Crippen LogP contribution in [0.2, 0.25) is 0 Å². The van der Waals surface area contributed by atoms with Crippen LogP contribution in [0.5, 0.6) is 0 Å². The predicted octanol–water partition coefficient (Wildman–Crippen LogP) is 15.2. The second-order valence-electron chi connectivity index (χ2n) is 14.5. The molecule has 0 radical (unpaired) electrons. The largest absolute Gasteiger partial charge is 0.481 e. The first-order valence-electron chi connectivity index (χ1n) is 20.4. The van der Waals surface area contributed by atoms with Crippen LogP contribution in [0.25, 0.3) is 0 Å². The number of hydrogen-bond donors (Lipinski definition) is 1. The fourth-order valence-corrected chi connectivity index (χ4v) is 6.78. The molecule has 0 saturated carbocycles. The molecule has 0 aliphatic heterocycles. The number of carbonyl (C=O) groups is 1. The highest BCUT2D eigenvalue weighted by Crippen LogP contribution is 2.20. The average molecular weight is 607 g/mol. The maximum Gasteiger partial charge on any atom is 0.303 e. The summed E-state index contributed by atoms with van der Waals surface area (Å²) in [6.07, 6.45) is 51.3. The van der Waals surface area contributed by atoms with Crippen LogP contribution >= 0.6 is 0 Å². The molecule has 0 heterocycles. The van der Waals surface area contributed by atoms with E-state index in [2.05, 4.69) is 13.8 Å². The van der Waals surface area contributed by atoms with Gasteiger partial charge in [0.2, 0.25) is 0 Å². The maximum absolute atomic E-state index is 10.5. The van der Waals surface area contributed by atoms with Crippen LogP contribution in [0.15, 0.2) is 0 Å². The lowest BCUT2D eigenvalue weighted by molar-refractivity contribution is -0.137. The Balaban J connectivity index is 3.14. The molecule has 258 valence electrons. The molecule has 0 amide bonds. The second kappa shape index (κ2) is 37.7. The molecule has 0 bridgehead atoms. The van der Waals surface area contributed by atoms with Crippen molar-refractivity contribution < 1.29 is 9.90 Å². The molecule has 2 heteroatoms. The second-order valence-corrected chi connectivity index (χ2v) is 14.5. The Morgan fingerprint density at radius 1 is 0.372 bits per heavy atom. The first-order chi connectivity index (χ1) is 21.2. The number of unbranched alkanes of at least 4 members (excludes halogenated alkanes) is 32. The zero-order chi connectivity index (χ0) is 31.3. The third-order valence-electron chi connectivity index (χ3n) is 9.89. The van der Waals surface area contributed by atoms with E-state index in [-0.39, 0.29) is 0 Å². The van der Waals surface area contributed by atoms with Crippen LogP contribution in [0.4, 0.5) is 0 Å². The van der Waals surface area contributed by atoms with E-state index in [1.54, 1.807) is 0 Å². The third-order valence-corrected chi connectivity index (χ3v) is 9.89. The molecular formula is C41H82O2. The molecule has 1 N–H and O–H groups in total. The Labute approximate surface area is 272 Å². The minimum Gasteiger partial charge on any atom is -0.481 e. The van der Waals surface area contributed by atoms with E-state index in [9.17, 15) is 4.79 Å². The molecule has 0 saturated heterocycles. The standard InChI is InChI=1S/C41H82O2/c1-3-4-5-6-7-8-9-10-16-19-22-25-28-31-34-37-40(2)38-35-32-29-26-23-20-17-14-12-11-13-15-18-21-24-27-30-33-36-39-41(42)43/h40H,3-39H2,1-2H3,(H,42,43). The van der Waals surface area contributed by atoms with Gasteiger partial charge in [-0.25, -0.2) is 0 Å². The van der Waals surface area contributed by atoms with Gasteiger partial charge in [0.25, 0.3) is 0 Å². The minimum atomic E-state index is -0.647. The fourth-order valence-electron chi connectivity index (χ4n) is 6.78. The number of hydrogen-bond acceptors (Lipinski definition) is 1. The number of carboxylic acid groups (broad SMARTS) is 1. The van der Waals surface area contributed by atoms with Gasteiger partial charge in [-0.05, 0) is 12.3 Å². The van der Waals surface area contributed by atoms with Gasteiger partial charge in [0.1, 0.15) is 0 Å². The molecular weight excluding hydrogens is 524 g/mol. The number of rotatable bonds is 38. The van der Waals surface area contributed by atoms with Crippen molar-refractivity contribution in [3.05, 3.63) is 0 Å². The molecule has 0 aliphatic carbocycles. The molecule has 1 unspecified atom stereocenters. The molecule has 0 spiro atoms. The van der Waals surface area contributed by atoms with E-state index in [0.717, 1.165) is 18.8 Å². The summed E-state index contributed by atoms with van der Waals surface area (Å²) in [5.74, 6) is 0.301. The van der Waals surface area contributed by atoms with E-state index in [1.165, 1.54) is 218 Å². The summed E-state index contributed by atoms with van der Waals surface area (Å²) < 4.78 is 0. The van der Waals surface area contributed by atoms with Gasteiger partial charge in [-0.1, -0.05) is 239 Å². The lowest BCUT2D eigenvalue weighted by Crippen LogP contribution is -1.95. The van der Waals surface area contributed by atoms with Crippen LogP contribution in [0.1, 0.15) is 251 Å². The van der Waals surface area contributed by atoms with Gasteiger partial charge in [-0.3, -0.25) is 4.79 Å². The Morgan fingerprint density at radius 3 is 0.814 bits per heavy atom. The lowest BCUT2D eigenvalue weighted by Gasteiger charge is -2.11. The van der Waals surface area contributed by atoms with E-state index < -0.39 is 5.97 Å². The van der Waals surface area contributed by atoms with Crippen LogP contribution < -0.4 is 0 Å². The summed E-state index contributed by atoms with van der Waals surface area (Å²) in [5.41, 5.74) is 0. The Hall–Kier alpha value is -0.530. The average Bonchev–Trinajstić information content (AvgIpc) is 2.99. The van der Waals surface area contributed by atoms with Crippen molar-refractivity contribution in [3.63, 3.8) is 0 Å². The minimum absolute atomic E-state index is 0.346. The summed E-state index contributed by atoms with van der Waals surface area (Å²) in [7, 11) is 0. The summed E-state index contributed by atoms with van der Waals surface area (Å²) in [6.45, 7) is 4.80. The van der Waals surface area contributed by atoms with E-state index in [0.29, 0.717) is 6.42 Å². The van der Waals surface area contributed by atoms with Crippen LogP contribution in [0, 0.1) is 5.92 Å². The van der Waals surface area contributed by atoms with Gasteiger partial charge >= 0.3 is 5.97 Å². The zero-order valence-corrected chi connectivity index (χ0v) is 30.1. The summed E-state index contributed by atoms with van der Waals surface area (Å²) in [6, 6.07) is 0. The fraction of sp³-hybridized carbons (Fsp3) is 0.976. The van der Waals surface area contributed by atoms with Gasteiger partial charge < -0.3 is 5.11 Å². The molecule has 0 aromatic rings. The predicted molar refractivity (Wildman–Crippen MR) is 193 cm³/mol. The van der Waals surface area contributed by atoms with Crippen molar-refractivity contribution in [2.24, 2.45) is 5.92 Å². The monoisotopic (exact) mass is 607 g/mol. The van der Waals surface area contributed by atoms with E-state index >= 15 is 0 Å². The van der Waals surface area contributed by atoms with Crippen molar-refractivity contribution in [1.29, 1.82) is 0 Å². The summed E-state index contributed by atoms with van der Waals surface area (Å²) in [4.78, 5) is 10.5. The van der Waals surface area contributed by atoms with E-state index in [4.69, 9.17) is 5.11 Å². The highest BCUT2D eigenvalue weighted by atomic mass is 16.4. The highest BCUT2D eigenvalue weighted by Gasteiger charge is 2.03. The quantitative estimate of drug-likeness (QED) is 0.0710. The SMILES string of the molecule is CCCCCCCCCCCCCCCCCC(C)CCCCCCCCCCCCCCCCCCCCCC(=O)O. The van der Waals surface area contributed by atoms with Crippen LogP contribution in [-0.4, -0.2) is 11.1 Å².